The molecule has 0 saturated carbocycles. The van der Waals surface area contributed by atoms with Gasteiger partial charge in [-0.3, -0.25) is 0 Å². The van der Waals surface area contributed by atoms with Crippen LogP contribution in [-0.2, 0) is 4.74 Å². The summed E-state index contributed by atoms with van der Waals surface area (Å²) < 4.78 is 5.25. The van der Waals surface area contributed by atoms with Crippen LogP contribution in [-0.4, -0.2) is 19.7 Å². The van der Waals surface area contributed by atoms with Crippen molar-refractivity contribution in [3.05, 3.63) is 29.8 Å². The van der Waals surface area contributed by atoms with Crippen LogP contribution in [0.5, 0.6) is 0 Å². The number of benzene rings is 1. The highest BCUT2D eigenvalue weighted by atomic mass is 16.6. The Kier molecular flexibility index (Phi) is 1.95. The van der Waals surface area contributed by atoms with E-state index in [9.17, 15) is 0 Å². The fraction of sp³-hybridized carbons (Fsp3) is 0.500. The maximum Gasteiger partial charge on any atom is 0.106 e. The van der Waals surface area contributed by atoms with E-state index in [2.05, 4.69) is 29.2 Å². The van der Waals surface area contributed by atoms with Gasteiger partial charge in [-0.1, -0.05) is 12.1 Å². The lowest BCUT2D eigenvalue weighted by Crippen LogP contribution is -2.17. The number of nitrogens with zero attached hydrogens (tertiary/aromatic N) is 1. The van der Waals surface area contributed by atoms with Crippen molar-refractivity contribution in [2.75, 3.05) is 24.6 Å². The van der Waals surface area contributed by atoms with Crippen LogP contribution in [0.3, 0.4) is 0 Å². The monoisotopic (exact) mass is 189 g/mol. The lowest BCUT2D eigenvalue weighted by Gasteiger charge is -2.17. The first-order chi connectivity index (χ1) is 6.93. The summed E-state index contributed by atoms with van der Waals surface area (Å²) >= 11 is 0. The Hall–Kier alpha value is -1.02. The normalized spacial score (nSPS) is 25.4. The zero-order valence-electron chi connectivity index (χ0n) is 8.28. The molecule has 0 spiro atoms. The van der Waals surface area contributed by atoms with Gasteiger partial charge in [0.25, 0.3) is 0 Å². The Morgan fingerprint density at radius 3 is 2.29 bits per heavy atom. The Balaban J connectivity index is 1.78. The van der Waals surface area contributed by atoms with Crippen molar-refractivity contribution in [2.45, 2.75) is 18.9 Å². The molecular formula is C12H15NO. The summed E-state index contributed by atoms with van der Waals surface area (Å²) in [6, 6.07) is 8.85. The fourth-order valence-electron chi connectivity index (χ4n) is 2.12. The van der Waals surface area contributed by atoms with Crippen molar-refractivity contribution in [2.24, 2.45) is 0 Å². The van der Waals surface area contributed by atoms with E-state index in [4.69, 9.17) is 4.74 Å². The second-order valence-electron chi connectivity index (χ2n) is 4.11. The average molecular weight is 189 g/mol. The smallest absolute Gasteiger partial charge is 0.106 e. The molecule has 0 N–H and O–H groups in total. The molecule has 0 aliphatic carbocycles. The zero-order valence-corrected chi connectivity index (χ0v) is 8.28. The highest BCUT2D eigenvalue weighted by Gasteiger charge is 2.24. The second-order valence-corrected chi connectivity index (χ2v) is 4.11. The third kappa shape index (κ3) is 1.50. The van der Waals surface area contributed by atoms with Crippen LogP contribution in [0.25, 0.3) is 0 Å². The van der Waals surface area contributed by atoms with Gasteiger partial charge in [0.15, 0.2) is 0 Å². The standard InChI is InChI=1S/C12H15NO/c1-2-8-13(7-1)11-5-3-10(4-6-11)12-9-14-12/h3-6,12H,1-2,7-9H2. The molecule has 2 heteroatoms. The lowest BCUT2D eigenvalue weighted by atomic mass is 10.1. The van der Waals surface area contributed by atoms with E-state index in [1.807, 2.05) is 0 Å². The third-order valence-electron chi connectivity index (χ3n) is 3.07. The van der Waals surface area contributed by atoms with Crippen LogP contribution in [0.2, 0.25) is 0 Å². The summed E-state index contributed by atoms with van der Waals surface area (Å²) in [5.41, 5.74) is 2.69. The number of epoxide rings is 1. The molecule has 0 radical (unpaired) electrons. The van der Waals surface area contributed by atoms with Gasteiger partial charge in [-0.05, 0) is 30.5 Å². The molecule has 2 aliphatic rings. The van der Waals surface area contributed by atoms with E-state index in [1.54, 1.807) is 0 Å². The topological polar surface area (TPSA) is 15.8 Å². The average Bonchev–Trinajstić information content (AvgIpc) is 2.94. The van der Waals surface area contributed by atoms with E-state index in [0.29, 0.717) is 6.10 Å². The first kappa shape index (κ1) is 8.30. The highest BCUT2D eigenvalue weighted by Crippen LogP contribution is 2.31. The molecule has 0 aromatic heterocycles. The van der Waals surface area contributed by atoms with Crippen molar-refractivity contribution in [3.63, 3.8) is 0 Å². The van der Waals surface area contributed by atoms with E-state index >= 15 is 0 Å². The molecule has 2 saturated heterocycles. The van der Waals surface area contributed by atoms with Gasteiger partial charge in [-0.25, -0.2) is 0 Å². The van der Waals surface area contributed by atoms with E-state index in [-0.39, 0.29) is 0 Å². The molecule has 0 bridgehead atoms. The second kappa shape index (κ2) is 3.28. The van der Waals surface area contributed by atoms with Crippen LogP contribution < -0.4 is 4.90 Å². The van der Waals surface area contributed by atoms with Crippen LogP contribution in [0, 0.1) is 0 Å². The van der Waals surface area contributed by atoms with Gasteiger partial charge in [0.2, 0.25) is 0 Å². The van der Waals surface area contributed by atoms with E-state index < -0.39 is 0 Å². The molecule has 1 aromatic rings. The molecule has 0 amide bonds. The minimum Gasteiger partial charge on any atom is -0.372 e. The van der Waals surface area contributed by atoms with Gasteiger partial charge < -0.3 is 9.64 Å². The molecule has 74 valence electrons. The Labute approximate surface area is 84.5 Å². The number of ether oxygens (including phenoxy) is 1. The number of hydrogen-bond donors (Lipinski definition) is 0. The summed E-state index contributed by atoms with van der Waals surface area (Å²) in [6.07, 6.45) is 3.07. The third-order valence-corrected chi connectivity index (χ3v) is 3.07. The number of anilines is 1. The lowest BCUT2D eigenvalue weighted by molar-refractivity contribution is 0.415. The van der Waals surface area contributed by atoms with Crippen molar-refractivity contribution < 1.29 is 4.74 Å². The molecule has 1 atom stereocenters. The molecule has 2 aliphatic heterocycles. The molecule has 2 fully saturated rings. The maximum absolute atomic E-state index is 5.25. The predicted octanol–water partition coefficient (Wildman–Crippen LogP) is 2.36. The minimum absolute atomic E-state index is 0.391. The first-order valence-electron chi connectivity index (χ1n) is 5.40. The maximum atomic E-state index is 5.25. The molecule has 1 aromatic carbocycles. The van der Waals surface area contributed by atoms with Crippen molar-refractivity contribution >= 4 is 5.69 Å². The molecule has 2 nitrogen and oxygen atoms in total. The van der Waals surface area contributed by atoms with E-state index in [0.717, 1.165) is 6.61 Å². The summed E-state index contributed by atoms with van der Waals surface area (Å²) in [6.45, 7) is 3.35. The van der Waals surface area contributed by atoms with Gasteiger partial charge in [0.1, 0.15) is 6.10 Å². The van der Waals surface area contributed by atoms with Crippen molar-refractivity contribution in [3.8, 4) is 0 Å². The summed E-state index contributed by atoms with van der Waals surface area (Å²) in [4.78, 5) is 2.46. The zero-order chi connectivity index (χ0) is 9.38. The van der Waals surface area contributed by atoms with Crippen LogP contribution in [0.15, 0.2) is 24.3 Å². The molecular weight excluding hydrogens is 174 g/mol. The number of rotatable bonds is 2. The highest BCUT2D eigenvalue weighted by molar-refractivity contribution is 5.48. The fourth-order valence-corrected chi connectivity index (χ4v) is 2.12. The number of hydrogen-bond acceptors (Lipinski definition) is 2. The first-order valence-corrected chi connectivity index (χ1v) is 5.40. The van der Waals surface area contributed by atoms with Crippen molar-refractivity contribution in [1.82, 2.24) is 0 Å². The minimum atomic E-state index is 0.391. The van der Waals surface area contributed by atoms with Crippen LogP contribution >= 0.6 is 0 Å². The molecule has 2 heterocycles. The van der Waals surface area contributed by atoms with Gasteiger partial charge >= 0.3 is 0 Å². The van der Waals surface area contributed by atoms with Gasteiger partial charge in [0.05, 0.1) is 6.61 Å². The Morgan fingerprint density at radius 1 is 1.07 bits per heavy atom. The Bertz CT molecular complexity index is 310. The molecule has 1 unspecified atom stereocenters. The van der Waals surface area contributed by atoms with Gasteiger partial charge in [-0.15, -0.1) is 0 Å². The Morgan fingerprint density at radius 2 is 1.71 bits per heavy atom. The molecule has 14 heavy (non-hydrogen) atoms. The quantitative estimate of drug-likeness (QED) is 0.664. The largest absolute Gasteiger partial charge is 0.372 e. The molecule has 3 rings (SSSR count). The summed E-state index contributed by atoms with van der Waals surface area (Å²) in [5, 5.41) is 0. The predicted molar refractivity (Wildman–Crippen MR) is 56.6 cm³/mol. The SMILES string of the molecule is c1cc(N2CCCC2)ccc1C1CO1. The van der Waals surface area contributed by atoms with Crippen molar-refractivity contribution in [1.29, 1.82) is 0 Å². The van der Waals surface area contributed by atoms with Gasteiger partial charge in [0, 0.05) is 18.8 Å². The summed E-state index contributed by atoms with van der Waals surface area (Å²) in [7, 11) is 0. The van der Waals surface area contributed by atoms with Crippen LogP contribution in [0.4, 0.5) is 5.69 Å². The van der Waals surface area contributed by atoms with E-state index in [1.165, 1.54) is 37.2 Å². The van der Waals surface area contributed by atoms with Crippen LogP contribution in [0.1, 0.15) is 24.5 Å². The van der Waals surface area contributed by atoms with Gasteiger partial charge in [-0.2, -0.15) is 0 Å². The summed E-state index contributed by atoms with van der Waals surface area (Å²) in [5.74, 6) is 0.